The van der Waals surface area contributed by atoms with Crippen molar-refractivity contribution >= 4 is 29.1 Å². The van der Waals surface area contributed by atoms with Gasteiger partial charge >= 0.3 is 6.18 Å². The highest BCUT2D eigenvalue weighted by atomic mass is 19.4. The lowest BCUT2D eigenvalue weighted by atomic mass is 10.00. The number of halogens is 3. The third-order valence-electron chi connectivity index (χ3n) is 4.09. The van der Waals surface area contributed by atoms with E-state index in [0.29, 0.717) is 24.1 Å². The van der Waals surface area contributed by atoms with Crippen LogP contribution in [0.4, 0.5) is 24.5 Å². The van der Waals surface area contributed by atoms with Crippen LogP contribution in [-0.4, -0.2) is 30.4 Å². The Balaban J connectivity index is 1.69. The predicted octanol–water partition coefficient (Wildman–Crippen LogP) is 3.12. The Labute approximate surface area is 158 Å². The Bertz CT molecular complexity index is 942. The normalized spacial score (nSPS) is 13.3. The summed E-state index contributed by atoms with van der Waals surface area (Å²) < 4.78 is 36.7. The number of benzene rings is 2. The zero-order valence-corrected chi connectivity index (χ0v) is 14.5. The zero-order chi connectivity index (χ0) is 20.3. The molecule has 3 rings (SSSR count). The van der Waals surface area contributed by atoms with Gasteiger partial charge in [-0.1, -0.05) is 6.07 Å². The van der Waals surface area contributed by atoms with E-state index in [-0.39, 0.29) is 17.2 Å². The van der Waals surface area contributed by atoms with Crippen molar-refractivity contribution in [3.05, 3.63) is 59.2 Å². The lowest BCUT2D eigenvalue weighted by Gasteiger charge is -2.17. The summed E-state index contributed by atoms with van der Waals surface area (Å²) in [4.78, 5) is 35.7. The monoisotopic (exact) mass is 391 g/mol. The van der Waals surface area contributed by atoms with Crippen molar-refractivity contribution in [2.24, 2.45) is 0 Å². The molecule has 1 aliphatic rings. The standard InChI is InChI=1S/C19H16F3N3O3/c20-19(21,22)10-23-17(27)12-2-1-3-14(9-12)24-18(28)13-4-6-15-11(8-13)5-7-16(26)25-15/h1-4,6,8-9H,5,7,10H2,(H,23,27)(H,24,28)(H,25,26). The minimum atomic E-state index is -4.51. The largest absolute Gasteiger partial charge is 0.405 e. The fourth-order valence-corrected chi connectivity index (χ4v) is 2.75. The molecule has 0 atom stereocenters. The van der Waals surface area contributed by atoms with E-state index >= 15 is 0 Å². The molecule has 0 unspecified atom stereocenters. The average molecular weight is 391 g/mol. The summed E-state index contributed by atoms with van der Waals surface area (Å²) in [5.74, 6) is -1.41. The molecule has 0 spiro atoms. The van der Waals surface area contributed by atoms with Gasteiger partial charge in [0.15, 0.2) is 0 Å². The molecular weight excluding hydrogens is 375 g/mol. The Kier molecular flexibility index (Phi) is 5.34. The second-order valence-corrected chi connectivity index (χ2v) is 6.25. The number of carbonyl (C=O) groups is 3. The first-order chi connectivity index (χ1) is 13.2. The van der Waals surface area contributed by atoms with E-state index in [9.17, 15) is 27.6 Å². The van der Waals surface area contributed by atoms with E-state index in [0.717, 1.165) is 5.56 Å². The molecule has 1 heterocycles. The fourth-order valence-electron chi connectivity index (χ4n) is 2.75. The molecule has 9 heteroatoms. The van der Waals surface area contributed by atoms with Crippen LogP contribution in [0.3, 0.4) is 0 Å². The molecule has 0 bridgehead atoms. The smallest absolute Gasteiger partial charge is 0.343 e. The molecule has 0 saturated heterocycles. The van der Waals surface area contributed by atoms with Crippen LogP contribution < -0.4 is 16.0 Å². The molecule has 146 valence electrons. The molecular formula is C19H16F3N3O3. The van der Waals surface area contributed by atoms with E-state index in [1.54, 1.807) is 23.5 Å². The van der Waals surface area contributed by atoms with Crippen LogP contribution >= 0.6 is 0 Å². The van der Waals surface area contributed by atoms with Crippen LogP contribution in [0.5, 0.6) is 0 Å². The number of rotatable bonds is 4. The van der Waals surface area contributed by atoms with E-state index < -0.39 is 24.5 Å². The summed E-state index contributed by atoms with van der Waals surface area (Å²) in [7, 11) is 0. The summed E-state index contributed by atoms with van der Waals surface area (Å²) >= 11 is 0. The molecule has 1 aliphatic heterocycles. The van der Waals surface area contributed by atoms with Crippen molar-refractivity contribution in [2.75, 3.05) is 17.2 Å². The van der Waals surface area contributed by atoms with Crippen LogP contribution in [0, 0.1) is 0 Å². The number of amides is 3. The first-order valence-corrected chi connectivity index (χ1v) is 8.40. The molecule has 0 aliphatic carbocycles. The van der Waals surface area contributed by atoms with Gasteiger partial charge in [-0.2, -0.15) is 13.2 Å². The number of nitrogens with one attached hydrogen (secondary N) is 3. The molecule has 28 heavy (non-hydrogen) atoms. The van der Waals surface area contributed by atoms with Gasteiger partial charge in [-0.05, 0) is 48.4 Å². The number of hydrogen-bond donors (Lipinski definition) is 3. The average Bonchev–Trinajstić information content (AvgIpc) is 2.65. The van der Waals surface area contributed by atoms with Gasteiger partial charge in [-0.3, -0.25) is 14.4 Å². The number of alkyl halides is 3. The first kappa shape index (κ1) is 19.4. The summed E-state index contributed by atoms with van der Waals surface area (Å²) in [6.07, 6.45) is -3.64. The highest BCUT2D eigenvalue weighted by Gasteiger charge is 2.28. The minimum Gasteiger partial charge on any atom is -0.343 e. The summed E-state index contributed by atoms with van der Waals surface area (Å²) in [5, 5.41) is 7.11. The van der Waals surface area contributed by atoms with E-state index in [4.69, 9.17) is 0 Å². The highest BCUT2D eigenvalue weighted by Crippen LogP contribution is 2.24. The quantitative estimate of drug-likeness (QED) is 0.749. The molecule has 6 nitrogen and oxygen atoms in total. The molecule has 0 fully saturated rings. The predicted molar refractivity (Wildman–Crippen MR) is 96.2 cm³/mol. The molecule has 0 saturated carbocycles. The molecule has 0 radical (unpaired) electrons. The maximum Gasteiger partial charge on any atom is 0.405 e. The SMILES string of the molecule is O=C1CCc2cc(C(=O)Nc3cccc(C(=O)NCC(F)(F)F)c3)ccc2N1. The van der Waals surface area contributed by atoms with Crippen molar-refractivity contribution < 1.29 is 27.6 Å². The Hall–Kier alpha value is -3.36. The molecule has 0 aromatic heterocycles. The molecule has 2 aromatic carbocycles. The van der Waals surface area contributed by atoms with Crippen LogP contribution in [-0.2, 0) is 11.2 Å². The van der Waals surface area contributed by atoms with Gasteiger partial charge < -0.3 is 16.0 Å². The van der Waals surface area contributed by atoms with Gasteiger partial charge in [0.1, 0.15) is 6.54 Å². The Morgan fingerprint density at radius 3 is 2.50 bits per heavy atom. The Morgan fingerprint density at radius 1 is 1.00 bits per heavy atom. The van der Waals surface area contributed by atoms with E-state index in [1.165, 1.54) is 24.3 Å². The number of hydrogen-bond acceptors (Lipinski definition) is 3. The number of anilines is 2. The third kappa shape index (κ3) is 4.87. The number of fused-ring (bicyclic) bond motifs is 1. The second-order valence-electron chi connectivity index (χ2n) is 6.25. The maximum atomic E-state index is 12.5. The molecule has 3 amide bonds. The lowest BCUT2D eigenvalue weighted by molar-refractivity contribution is -0.123. The maximum absolute atomic E-state index is 12.5. The zero-order valence-electron chi connectivity index (χ0n) is 14.5. The number of carbonyl (C=O) groups excluding carboxylic acids is 3. The van der Waals surface area contributed by atoms with Gasteiger partial charge in [0, 0.05) is 28.9 Å². The van der Waals surface area contributed by atoms with Gasteiger partial charge in [0.05, 0.1) is 0 Å². The van der Waals surface area contributed by atoms with Crippen molar-refractivity contribution in [1.82, 2.24) is 5.32 Å². The molecule has 2 aromatic rings. The van der Waals surface area contributed by atoms with Gasteiger partial charge in [0.25, 0.3) is 11.8 Å². The van der Waals surface area contributed by atoms with Crippen LogP contribution in [0.25, 0.3) is 0 Å². The van der Waals surface area contributed by atoms with Crippen LogP contribution in [0.2, 0.25) is 0 Å². The summed E-state index contributed by atoms with van der Waals surface area (Å²) in [5.41, 5.74) is 2.14. The minimum absolute atomic E-state index is 0.00444. The van der Waals surface area contributed by atoms with Gasteiger partial charge in [-0.25, -0.2) is 0 Å². The van der Waals surface area contributed by atoms with E-state index in [2.05, 4.69) is 10.6 Å². The highest BCUT2D eigenvalue weighted by molar-refractivity contribution is 6.06. The van der Waals surface area contributed by atoms with Gasteiger partial charge in [0.2, 0.25) is 5.91 Å². The fraction of sp³-hybridized carbons (Fsp3) is 0.211. The Morgan fingerprint density at radius 2 is 1.75 bits per heavy atom. The van der Waals surface area contributed by atoms with Crippen LogP contribution in [0.1, 0.15) is 32.7 Å². The molecule has 3 N–H and O–H groups in total. The summed E-state index contributed by atoms with van der Waals surface area (Å²) in [6, 6.07) is 10.5. The van der Waals surface area contributed by atoms with Crippen molar-refractivity contribution in [3.63, 3.8) is 0 Å². The first-order valence-electron chi connectivity index (χ1n) is 8.40. The van der Waals surface area contributed by atoms with Crippen LogP contribution in [0.15, 0.2) is 42.5 Å². The topological polar surface area (TPSA) is 87.3 Å². The summed E-state index contributed by atoms with van der Waals surface area (Å²) in [6.45, 7) is -1.44. The van der Waals surface area contributed by atoms with Crippen molar-refractivity contribution in [1.29, 1.82) is 0 Å². The number of aryl methyl sites for hydroxylation is 1. The van der Waals surface area contributed by atoms with Crippen molar-refractivity contribution in [3.8, 4) is 0 Å². The van der Waals surface area contributed by atoms with Gasteiger partial charge in [-0.15, -0.1) is 0 Å². The van der Waals surface area contributed by atoms with E-state index in [1.807, 2.05) is 0 Å². The third-order valence-corrected chi connectivity index (χ3v) is 4.09. The van der Waals surface area contributed by atoms with Crippen molar-refractivity contribution in [2.45, 2.75) is 19.0 Å². The second kappa shape index (κ2) is 7.71. The lowest BCUT2D eigenvalue weighted by Crippen LogP contribution is -2.33.